The molecule has 1 aliphatic rings. The summed E-state index contributed by atoms with van der Waals surface area (Å²) in [6, 6.07) is 7.43. The maximum absolute atomic E-state index is 12.2. The van der Waals surface area contributed by atoms with Gasteiger partial charge in [-0.15, -0.1) is 0 Å². The van der Waals surface area contributed by atoms with Crippen molar-refractivity contribution in [3.63, 3.8) is 0 Å². The number of nitrogens with two attached hydrogens (primary N) is 1. The van der Waals surface area contributed by atoms with E-state index in [1.54, 1.807) is 11.0 Å². The van der Waals surface area contributed by atoms with E-state index in [9.17, 15) is 4.79 Å². The number of nitrogens with zero attached hydrogens (tertiary/aromatic N) is 3. The van der Waals surface area contributed by atoms with Crippen molar-refractivity contribution in [2.45, 2.75) is 13.1 Å². The zero-order chi connectivity index (χ0) is 12.5. The Hall–Kier alpha value is -2.43. The molecule has 0 spiro atoms. The molecule has 1 amide bonds. The average Bonchev–Trinajstić information content (AvgIpc) is 2.81. The minimum absolute atomic E-state index is 0.0281. The SMILES string of the molecule is Nc1ccc2c(c1)CN(C(=O)c1ccnnc1)C2. The zero-order valence-electron chi connectivity index (χ0n) is 9.71. The van der Waals surface area contributed by atoms with Crippen molar-refractivity contribution in [3.05, 3.63) is 53.3 Å². The fourth-order valence-corrected chi connectivity index (χ4v) is 2.16. The summed E-state index contributed by atoms with van der Waals surface area (Å²) in [7, 11) is 0. The Balaban J connectivity index is 1.84. The maximum Gasteiger partial charge on any atom is 0.256 e. The monoisotopic (exact) mass is 240 g/mol. The van der Waals surface area contributed by atoms with E-state index in [4.69, 9.17) is 5.73 Å². The van der Waals surface area contributed by atoms with E-state index in [2.05, 4.69) is 10.2 Å². The van der Waals surface area contributed by atoms with Gasteiger partial charge in [0.15, 0.2) is 0 Å². The third-order valence-electron chi connectivity index (χ3n) is 3.07. The molecule has 0 unspecified atom stereocenters. The summed E-state index contributed by atoms with van der Waals surface area (Å²) in [5.41, 5.74) is 9.30. The number of carbonyl (C=O) groups excluding carboxylic acids is 1. The summed E-state index contributed by atoms with van der Waals surface area (Å²) in [6.07, 6.45) is 3.01. The summed E-state index contributed by atoms with van der Waals surface area (Å²) < 4.78 is 0. The molecule has 1 aromatic carbocycles. The van der Waals surface area contributed by atoms with Crippen LogP contribution in [0, 0.1) is 0 Å². The molecule has 0 saturated carbocycles. The Morgan fingerprint density at radius 1 is 1.17 bits per heavy atom. The largest absolute Gasteiger partial charge is 0.399 e. The van der Waals surface area contributed by atoms with Crippen LogP contribution in [0.5, 0.6) is 0 Å². The molecule has 18 heavy (non-hydrogen) atoms. The molecule has 0 aliphatic carbocycles. The molecule has 1 aromatic heterocycles. The number of aromatic nitrogens is 2. The maximum atomic E-state index is 12.2. The molecule has 3 rings (SSSR count). The number of anilines is 1. The molecule has 0 saturated heterocycles. The molecule has 2 N–H and O–H groups in total. The molecular weight excluding hydrogens is 228 g/mol. The van der Waals surface area contributed by atoms with Crippen LogP contribution < -0.4 is 5.73 Å². The molecular formula is C13H12N4O. The molecule has 90 valence electrons. The molecule has 1 aliphatic heterocycles. The summed E-state index contributed by atoms with van der Waals surface area (Å²) >= 11 is 0. The van der Waals surface area contributed by atoms with Crippen molar-refractivity contribution >= 4 is 11.6 Å². The van der Waals surface area contributed by atoms with Crippen molar-refractivity contribution in [2.75, 3.05) is 5.73 Å². The minimum Gasteiger partial charge on any atom is -0.399 e. The molecule has 5 heteroatoms. The Kier molecular flexibility index (Phi) is 2.44. The number of nitrogen functional groups attached to an aromatic ring is 1. The van der Waals surface area contributed by atoms with Gasteiger partial charge in [0.25, 0.3) is 5.91 Å². The second-order valence-corrected chi connectivity index (χ2v) is 4.32. The third kappa shape index (κ3) is 1.79. The number of amides is 1. The van der Waals surface area contributed by atoms with Crippen molar-refractivity contribution in [1.29, 1.82) is 0 Å². The van der Waals surface area contributed by atoms with Gasteiger partial charge in [0.2, 0.25) is 0 Å². The summed E-state index contributed by atoms with van der Waals surface area (Å²) in [6.45, 7) is 1.22. The molecule has 2 aromatic rings. The average molecular weight is 240 g/mol. The summed E-state index contributed by atoms with van der Waals surface area (Å²) in [5, 5.41) is 7.39. The zero-order valence-corrected chi connectivity index (χ0v) is 9.71. The highest BCUT2D eigenvalue weighted by Gasteiger charge is 2.24. The van der Waals surface area contributed by atoms with Crippen LogP contribution in [0.4, 0.5) is 5.69 Å². The highest BCUT2D eigenvalue weighted by atomic mass is 16.2. The first-order valence-electron chi connectivity index (χ1n) is 5.67. The van der Waals surface area contributed by atoms with E-state index in [1.165, 1.54) is 12.4 Å². The lowest BCUT2D eigenvalue weighted by Gasteiger charge is -2.14. The van der Waals surface area contributed by atoms with Gasteiger partial charge in [-0.05, 0) is 29.3 Å². The van der Waals surface area contributed by atoms with Gasteiger partial charge in [0, 0.05) is 18.8 Å². The van der Waals surface area contributed by atoms with E-state index >= 15 is 0 Å². The van der Waals surface area contributed by atoms with E-state index in [0.717, 1.165) is 16.8 Å². The van der Waals surface area contributed by atoms with Gasteiger partial charge >= 0.3 is 0 Å². The van der Waals surface area contributed by atoms with Crippen LogP contribution in [0.2, 0.25) is 0 Å². The van der Waals surface area contributed by atoms with Crippen LogP contribution in [-0.4, -0.2) is 21.0 Å². The summed E-state index contributed by atoms with van der Waals surface area (Å²) in [4.78, 5) is 14.0. The lowest BCUT2D eigenvalue weighted by atomic mass is 10.1. The van der Waals surface area contributed by atoms with Crippen molar-refractivity contribution in [2.24, 2.45) is 0 Å². The highest BCUT2D eigenvalue weighted by Crippen LogP contribution is 2.25. The normalized spacial score (nSPS) is 13.4. The van der Waals surface area contributed by atoms with Gasteiger partial charge in [-0.25, -0.2) is 0 Å². The van der Waals surface area contributed by atoms with Crippen LogP contribution in [0.3, 0.4) is 0 Å². The number of hydrogen-bond acceptors (Lipinski definition) is 4. The smallest absolute Gasteiger partial charge is 0.256 e. The van der Waals surface area contributed by atoms with Gasteiger partial charge in [0.05, 0.1) is 18.0 Å². The summed E-state index contributed by atoms with van der Waals surface area (Å²) in [5.74, 6) is -0.0281. The van der Waals surface area contributed by atoms with Crippen LogP contribution in [0.25, 0.3) is 0 Å². The number of hydrogen-bond donors (Lipinski definition) is 1. The number of carbonyl (C=O) groups is 1. The molecule has 5 nitrogen and oxygen atoms in total. The number of rotatable bonds is 1. The van der Waals surface area contributed by atoms with Gasteiger partial charge in [-0.3, -0.25) is 4.79 Å². The van der Waals surface area contributed by atoms with Gasteiger partial charge in [-0.2, -0.15) is 10.2 Å². The van der Waals surface area contributed by atoms with Crippen LogP contribution in [-0.2, 0) is 13.1 Å². The quantitative estimate of drug-likeness (QED) is 0.760. The highest BCUT2D eigenvalue weighted by molar-refractivity contribution is 5.94. The molecule has 0 atom stereocenters. The Labute approximate surface area is 104 Å². The lowest BCUT2D eigenvalue weighted by Crippen LogP contribution is -2.25. The van der Waals surface area contributed by atoms with Crippen LogP contribution in [0.15, 0.2) is 36.7 Å². The van der Waals surface area contributed by atoms with E-state index in [0.29, 0.717) is 18.7 Å². The van der Waals surface area contributed by atoms with Gasteiger partial charge in [0.1, 0.15) is 0 Å². The second kappa shape index (κ2) is 4.10. The molecule has 0 fully saturated rings. The fraction of sp³-hybridized carbons (Fsp3) is 0.154. The van der Waals surface area contributed by atoms with E-state index in [1.807, 2.05) is 18.2 Å². The second-order valence-electron chi connectivity index (χ2n) is 4.32. The number of benzene rings is 1. The standard InChI is InChI=1S/C13H12N4O/c14-12-2-1-10-7-17(8-11(10)5-12)13(18)9-3-4-15-16-6-9/h1-6H,7-8,14H2. The Bertz CT molecular complexity index is 597. The molecule has 0 radical (unpaired) electrons. The molecule has 2 heterocycles. The van der Waals surface area contributed by atoms with Gasteiger partial charge in [-0.1, -0.05) is 6.07 Å². The van der Waals surface area contributed by atoms with E-state index < -0.39 is 0 Å². The first kappa shape index (κ1) is 10.7. The fourth-order valence-electron chi connectivity index (χ4n) is 2.16. The first-order chi connectivity index (χ1) is 8.74. The lowest BCUT2D eigenvalue weighted by molar-refractivity contribution is 0.0750. The van der Waals surface area contributed by atoms with Crippen molar-refractivity contribution in [1.82, 2.24) is 15.1 Å². The van der Waals surface area contributed by atoms with Crippen molar-refractivity contribution in [3.8, 4) is 0 Å². The molecule has 0 bridgehead atoms. The minimum atomic E-state index is -0.0281. The topological polar surface area (TPSA) is 72.1 Å². The number of fused-ring (bicyclic) bond motifs is 1. The van der Waals surface area contributed by atoms with E-state index in [-0.39, 0.29) is 5.91 Å². The van der Waals surface area contributed by atoms with Crippen LogP contribution in [0.1, 0.15) is 21.5 Å². The Morgan fingerprint density at radius 3 is 2.78 bits per heavy atom. The third-order valence-corrected chi connectivity index (χ3v) is 3.07. The van der Waals surface area contributed by atoms with Crippen LogP contribution >= 0.6 is 0 Å². The predicted molar refractivity (Wildman–Crippen MR) is 66.5 cm³/mol. The van der Waals surface area contributed by atoms with Gasteiger partial charge < -0.3 is 10.6 Å². The first-order valence-corrected chi connectivity index (χ1v) is 5.67. The Morgan fingerprint density at radius 2 is 2.00 bits per heavy atom. The van der Waals surface area contributed by atoms with Crippen molar-refractivity contribution < 1.29 is 4.79 Å². The predicted octanol–water partition coefficient (Wildman–Crippen LogP) is 1.21.